The summed E-state index contributed by atoms with van der Waals surface area (Å²) in [6, 6.07) is 15.1. The third-order valence-corrected chi connectivity index (χ3v) is 3.04. The maximum atomic E-state index is 11.4. The second kappa shape index (κ2) is 7.31. The van der Waals surface area contributed by atoms with Crippen molar-refractivity contribution in [3.05, 3.63) is 65.7 Å². The van der Waals surface area contributed by atoms with Gasteiger partial charge in [-0.3, -0.25) is 0 Å². The number of rotatable bonds is 5. The zero-order valence-corrected chi connectivity index (χ0v) is 12.8. The maximum absolute atomic E-state index is 11.4. The quantitative estimate of drug-likeness (QED) is 0.476. The Hall–Kier alpha value is -2.75. The van der Waals surface area contributed by atoms with Crippen LogP contribution in [0.25, 0.3) is 5.76 Å². The van der Waals surface area contributed by atoms with Gasteiger partial charge in [-0.15, -0.1) is 0 Å². The number of hydrogen-bond acceptors (Lipinski definition) is 4. The van der Waals surface area contributed by atoms with Crippen molar-refractivity contribution in [2.75, 3.05) is 14.2 Å². The van der Waals surface area contributed by atoms with Crippen molar-refractivity contribution >= 4 is 11.7 Å². The lowest BCUT2D eigenvalue weighted by Gasteiger charge is -2.13. The molecule has 0 aliphatic heterocycles. The molecule has 0 N–H and O–H groups in total. The summed E-state index contributed by atoms with van der Waals surface area (Å²) >= 11 is 0. The molecule has 0 unspecified atom stereocenters. The van der Waals surface area contributed by atoms with Crippen LogP contribution in [0.2, 0.25) is 0 Å². The lowest BCUT2D eigenvalue weighted by Crippen LogP contribution is -2.00. The van der Waals surface area contributed by atoms with Crippen molar-refractivity contribution in [1.82, 2.24) is 0 Å². The third-order valence-electron chi connectivity index (χ3n) is 3.04. The molecule has 0 spiro atoms. The van der Waals surface area contributed by atoms with E-state index in [1.54, 1.807) is 0 Å². The number of aryl methyl sites for hydroxylation is 1. The molecule has 2 aromatic carbocycles. The van der Waals surface area contributed by atoms with Crippen LogP contribution in [0.3, 0.4) is 0 Å². The standard InChI is InChI=1S/C18H18O4/c1-13-7-6-8-14(11-13)22-16-10-5-4-9-15(16)17(20-2)12-18(19)21-3/h4-12H,1-3H3. The van der Waals surface area contributed by atoms with Gasteiger partial charge in [-0.1, -0.05) is 24.3 Å². The van der Waals surface area contributed by atoms with Gasteiger partial charge in [0.15, 0.2) is 0 Å². The number of carbonyl (C=O) groups is 1. The fourth-order valence-electron chi connectivity index (χ4n) is 1.98. The van der Waals surface area contributed by atoms with Crippen LogP contribution in [-0.4, -0.2) is 20.2 Å². The van der Waals surface area contributed by atoms with Crippen LogP contribution < -0.4 is 4.74 Å². The predicted molar refractivity (Wildman–Crippen MR) is 84.7 cm³/mol. The molecule has 2 rings (SSSR count). The van der Waals surface area contributed by atoms with Crippen molar-refractivity contribution < 1.29 is 19.0 Å². The largest absolute Gasteiger partial charge is 0.496 e. The van der Waals surface area contributed by atoms with Gasteiger partial charge in [0, 0.05) is 0 Å². The minimum Gasteiger partial charge on any atom is -0.496 e. The first-order chi connectivity index (χ1) is 10.6. The van der Waals surface area contributed by atoms with Crippen LogP contribution >= 0.6 is 0 Å². The monoisotopic (exact) mass is 298 g/mol. The Morgan fingerprint density at radius 2 is 1.77 bits per heavy atom. The first-order valence-electron chi connectivity index (χ1n) is 6.81. The summed E-state index contributed by atoms with van der Waals surface area (Å²) in [5.74, 6) is 1.23. The van der Waals surface area contributed by atoms with E-state index in [-0.39, 0.29) is 0 Å². The second-order valence-electron chi connectivity index (χ2n) is 4.65. The molecule has 0 aromatic heterocycles. The molecule has 114 valence electrons. The molecule has 0 fully saturated rings. The zero-order chi connectivity index (χ0) is 15.9. The van der Waals surface area contributed by atoms with E-state index in [4.69, 9.17) is 9.47 Å². The van der Waals surface area contributed by atoms with Gasteiger partial charge in [0.25, 0.3) is 0 Å². The molecular formula is C18H18O4. The van der Waals surface area contributed by atoms with Gasteiger partial charge in [-0.25, -0.2) is 4.79 Å². The Balaban J connectivity index is 2.37. The average Bonchev–Trinajstić information content (AvgIpc) is 2.53. The van der Waals surface area contributed by atoms with Gasteiger partial charge in [0.2, 0.25) is 0 Å². The average molecular weight is 298 g/mol. The fourth-order valence-corrected chi connectivity index (χ4v) is 1.98. The number of ether oxygens (including phenoxy) is 3. The summed E-state index contributed by atoms with van der Waals surface area (Å²) in [5, 5.41) is 0. The van der Waals surface area contributed by atoms with Crippen LogP contribution in [-0.2, 0) is 14.3 Å². The Bertz CT molecular complexity index is 689. The fraction of sp³-hybridized carbons (Fsp3) is 0.167. The van der Waals surface area contributed by atoms with E-state index in [0.717, 1.165) is 11.3 Å². The molecule has 0 heterocycles. The van der Waals surface area contributed by atoms with Crippen LogP contribution in [0.15, 0.2) is 54.6 Å². The van der Waals surface area contributed by atoms with E-state index < -0.39 is 5.97 Å². The highest BCUT2D eigenvalue weighted by atomic mass is 16.5. The lowest BCUT2D eigenvalue weighted by atomic mass is 10.1. The smallest absolute Gasteiger partial charge is 0.334 e. The number of methoxy groups -OCH3 is 2. The van der Waals surface area contributed by atoms with Gasteiger partial charge >= 0.3 is 5.97 Å². The second-order valence-corrected chi connectivity index (χ2v) is 4.65. The molecule has 0 saturated heterocycles. The predicted octanol–water partition coefficient (Wildman–Crippen LogP) is 3.95. The Morgan fingerprint density at radius 3 is 2.45 bits per heavy atom. The minimum atomic E-state index is -0.484. The van der Waals surface area contributed by atoms with E-state index in [1.807, 2.05) is 55.5 Å². The molecule has 0 aliphatic carbocycles. The van der Waals surface area contributed by atoms with Crippen LogP contribution in [0.4, 0.5) is 0 Å². The zero-order valence-electron chi connectivity index (χ0n) is 12.8. The Kier molecular flexibility index (Phi) is 5.20. The highest BCUT2D eigenvalue weighted by Gasteiger charge is 2.12. The molecule has 0 amide bonds. The highest BCUT2D eigenvalue weighted by molar-refractivity contribution is 5.90. The highest BCUT2D eigenvalue weighted by Crippen LogP contribution is 2.30. The summed E-state index contributed by atoms with van der Waals surface area (Å²) in [6.45, 7) is 2.00. The van der Waals surface area contributed by atoms with E-state index in [2.05, 4.69) is 4.74 Å². The normalized spacial score (nSPS) is 11.0. The number of carbonyl (C=O) groups excluding carboxylic acids is 1. The van der Waals surface area contributed by atoms with Gasteiger partial charge in [-0.05, 0) is 36.8 Å². The summed E-state index contributed by atoms with van der Waals surface area (Å²) in [4.78, 5) is 11.4. The van der Waals surface area contributed by atoms with Gasteiger partial charge in [-0.2, -0.15) is 0 Å². The molecule has 2 aromatic rings. The van der Waals surface area contributed by atoms with Crippen molar-refractivity contribution in [3.63, 3.8) is 0 Å². The van der Waals surface area contributed by atoms with Crippen LogP contribution in [0.1, 0.15) is 11.1 Å². The third kappa shape index (κ3) is 3.88. The SMILES string of the molecule is COC(=O)C=C(OC)c1ccccc1Oc1cccc(C)c1. The molecule has 4 heteroatoms. The molecule has 0 atom stereocenters. The molecule has 0 aliphatic rings. The van der Waals surface area contributed by atoms with Gasteiger partial charge < -0.3 is 14.2 Å². The molecule has 0 bridgehead atoms. The van der Waals surface area contributed by atoms with Crippen LogP contribution in [0.5, 0.6) is 11.5 Å². The molecule has 0 radical (unpaired) electrons. The summed E-state index contributed by atoms with van der Waals surface area (Å²) in [7, 11) is 2.82. The van der Waals surface area contributed by atoms with Crippen molar-refractivity contribution in [2.24, 2.45) is 0 Å². The summed E-state index contributed by atoms with van der Waals surface area (Å²) in [6.07, 6.45) is 1.29. The lowest BCUT2D eigenvalue weighted by molar-refractivity contribution is -0.134. The van der Waals surface area contributed by atoms with E-state index in [9.17, 15) is 4.79 Å². The first-order valence-corrected chi connectivity index (χ1v) is 6.81. The summed E-state index contributed by atoms with van der Waals surface area (Å²) in [5.41, 5.74) is 1.78. The van der Waals surface area contributed by atoms with E-state index in [0.29, 0.717) is 17.1 Å². The van der Waals surface area contributed by atoms with Gasteiger partial charge in [0.05, 0.1) is 25.9 Å². The Labute approximate surface area is 129 Å². The van der Waals surface area contributed by atoms with Crippen molar-refractivity contribution in [2.45, 2.75) is 6.92 Å². The van der Waals surface area contributed by atoms with Crippen LogP contribution in [0, 0.1) is 6.92 Å². The van der Waals surface area contributed by atoms with Crippen molar-refractivity contribution in [3.8, 4) is 11.5 Å². The first kappa shape index (κ1) is 15.6. The Morgan fingerprint density at radius 1 is 1.00 bits per heavy atom. The number of para-hydroxylation sites is 1. The van der Waals surface area contributed by atoms with E-state index in [1.165, 1.54) is 20.3 Å². The molecular weight excluding hydrogens is 280 g/mol. The number of hydrogen-bond donors (Lipinski definition) is 0. The topological polar surface area (TPSA) is 44.8 Å². The maximum Gasteiger partial charge on any atom is 0.334 e. The molecule has 4 nitrogen and oxygen atoms in total. The number of esters is 1. The molecule has 22 heavy (non-hydrogen) atoms. The summed E-state index contributed by atoms with van der Waals surface area (Å²) < 4.78 is 15.8. The van der Waals surface area contributed by atoms with Gasteiger partial charge in [0.1, 0.15) is 17.3 Å². The number of benzene rings is 2. The van der Waals surface area contributed by atoms with Crippen molar-refractivity contribution in [1.29, 1.82) is 0 Å². The van der Waals surface area contributed by atoms with E-state index >= 15 is 0 Å². The minimum absolute atomic E-state index is 0.384. The molecule has 0 saturated carbocycles.